The Morgan fingerprint density at radius 2 is 1.77 bits per heavy atom. The first kappa shape index (κ1) is 21.1. The number of ether oxygens (including phenoxy) is 1. The molecule has 2 fully saturated rings. The number of carbonyl (C=O) groups excluding carboxylic acids is 2. The van der Waals surface area contributed by atoms with Gasteiger partial charge in [0, 0.05) is 38.5 Å². The molecule has 2 heterocycles. The maximum atomic E-state index is 13.1. The number of hydrogen-bond donors (Lipinski definition) is 1. The van der Waals surface area contributed by atoms with Crippen molar-refractivity contribution in [2.24, 2.45) is 0 Å². The van der Waals surface area contributed by atoms with Crippen molar-refractivity contribution >= 4 is 23.1 Å². The molecule has 6 nitrogen and oxygen atoms in total. The molecule has 2 aliphatic rings. The van der Waals surface area contributed by atoms with Gasteiger partial charge in [-0.3, -0.25) is 9.59 Å². The number of aliphatic hydroxyl groups is 1. The third kappa shape index (κ3) is 4.08. The van der Waals surface area contributed by atoms with Gasteiger partial charge in [0.15, 0.2) is 0 Å². The zero-order valence-corrected chi connectivity index (χ0v) is 18.2. The highest BCUT2D eigenvalue weighted by Gasteiger charge is 2.47. The van der Waals surface area contributed by atoms with Gasteiger partial charge in [-0.25, -0.2) is 0 Å². The summed E-state index contributed by atoms with van der Waals surface area (Å²) >= 11 is 0. The zero-order valence-electron chi connectivity index (χ0n) is 18.2. The summed E-state index contributed by atoms with van der Waals surface area (Å²) in [5.41, 5.74) is 3.50. The summed E-state index contributed by atoms with van der Waals surface area (Å²) in [5, 5.41) is 11.1. The molecule has 2 saturated heterocycles. The van der Waals surface area contributed by atoms with E-state index in [1.807, 2.05) is 62.3 Å². The topological polar surface area (TPSA) is 70.1 Å². The van der Waals surface area contributed by atoms with Gasteiger partial charge < -0.3 is 19.6 Å². The second-order valence-corrected chi connectivity index (χ2v) is 8.44. The van der Waals surface area contributed by atoms with E-state index < -0.39 is 17.7 Å². The molecule has 0 aromatic heterocycles. The fourth-order valence-corrected chi connectivity index (χ4v) is 4.24. The molecule has 2 aliphatic heterocycles. The van der Waals surface area contributed by atoms with Gasteiger partial charge in [-0.2, -0.15) is 0 Å². The van der Waals surface area contributed by atoms with Gasteiger partial charge in [0.05, 0.1) is 17.7 Å². The Hall–Kier alpha value is -3.12. The average Bonchev–Trinajstić information content (AvgIpc) is 3.36. The van der Waals surface area contributed by atoms with Crippen LogP contribution in [0.4, 0.5) is 5.69 Å². The number of Topliss-reactive ketones (excluding diaryl/α,β-unsaturated/α-hetero) is 1. The molecule has 2 atom stereocenters. The van der Waals surface area contributed by atoms with Crippen molar-refractivity contribution in [3.05, 3.63) is 70.8 Å². The maximum absolute atomic E-state index is 13.1. The maximum Gasteiger partial charge on any atom is 0.295 e. The van der Waals surface area contributed by atoms with Crippen molar-refractivity contribution in [2.75, 3.05) is 32.1 Å². The van der Waals surface area contributed by atoms with E-state index in [1.165, 1.54) is 0 Å². The molecule has 0 unspecified atom stereocenters. The fourth-order valence-electron chi connectivity index (χ4n) is 4.24. The molecule has 2 aromatic carbocycles. The molecule has 1 amide bonds. The highest BCUT2D eigenvalue weighted by atomic mass is 16.5. The Morgan fingerprint density at radius 1 is 1.10 bits per heavy atom. The Labute approximate surface area is 182 Å². The third-order valence-corrected chi connectivity index (χ3v) is 6.01. The number of hydrogen-bond acceptors (Lipinski definition) is 5. The Bertz CT molecular complexity index is 1000. The highest BCUT2D eigenvalue weighted by molar-refractivity contribution is 6.46. The molecule has 2 aromatic rings. The van der Waals surface area contributed by atoms with E-state index in [0.717, 1.165) is 29.7 Å². The fraction of sp³-hybridized carbons (Fsp3) is 0.360. The number of rotatable bonds is 5. The number of benzene rings is 2. The van der Waals surface area contributed by atoms with E-state index >= 15 is 0 Å². The van der Waals surface area contributed by atoms with Crippen LogP contribution in [0.3, 0.4) is 0 Å². The van der Waals surface area contributed by atoms with Crippen LogP contribution in [-0.2, 0) is 14.3 Å². The van der Waals surface area contributed by atoms with E-state index in [1.54, 1.807) is 17.0 Å². The van der Waals surface area contributed by atoms with Gasteiger partial charge >= 0.3 is 0 Å². The van der Waals surface area contributed by atoms with Crippen LogP contribution in [0.5, 0.6) is 0 Å². The molecule has 0 radical (unpaired) electrons. The van der Waals surface area contributed by atoms with E-state index in [9.17, 15) is 14.7 Å². The Morgan fingerprint density at radius 3 is 2.35 bits per heavy atom. The van der Waals surface area contributed by atoms with Crippen molar-refractivity contribution in [1.29, 1.82) is 0 Å². The van der Waals surface area contributed by atoms with Crippen LogP contribution >= 0.6 is 0 Å². The molecular formula is C25H28N2O4. The van der Waals surface area contributed by atoms with Crippen molar-refractivity contribution in [2.45, 2.75) is 31.9 Å². The molecule has 162 valence electrons. The average molecular weight is 421 g/mol. The Balaban J connectivity index is 1.80. The number of ketones is 1. The van der Waals surface area contributed by atoms with Gasteiger partial charge in [-0.15, -0.1) is 0 Å². The number of aliphatic hydroxyl groups excluding tert-OH is 1. The highest BCUT2D eigenvalue weighted by Crippen LogP contribution is 2.40. The predicted octanol–water partition coefficient (Wildman–Crippen LogP) is 3.66. The van der Waals surface area contributed by atoms with Crippen molar-refractivity contribution in [3.63, 3.8) is 0 Å². The molecule has 0 bridgehead atoms. The summed E-state index contributed by atoms with van der Waals surface area (Å²) in [7, 11) is 3.91. The molecule has 31 heavy (non-hydrogen) atoms. The van der Waals surface area contributed by atoms with Crippen LogP contribution in [0.2, 0.25) is 0 Å². The summed E-state index contributed by atoms with van der Waals surface area (Å²) in [6.45, 7) is 2.95. The second-order valence-electron chi connectivity index (χ2n) is 8.44. The lowest BCUT2D eigenvalue weighted by Crippen LogP contribution is -2.36. The van der Waals surface area contributed by atoms with E-state index in [4.69, 9.17) is 4.74 Å². The minimum absolute atomic E-state index is 0.0961. The number of anilines is 1. The number of carbonyl (C=O) groups is 2. The Kier molecular flexibility index (Phi) is 5.83. The smallest absolute Gasteiger partial charge is 0.295 e. The molecule has 0 saturated carbocycles. The first-order chi connectivity index (χ1) is 14.9. The monoisotopic (exact) mass is 420 g/mol. The summed E-state index contributed by atoms with van der Waals surface area (Å²) in [6, 6.07) is 14.4. The summed E-state index contributed by atoms with van der Waals surface area (Å²) in [6.07, 6.45) is 1.70. The minimum atomic E-state index is -0.655. The normalized spacial score (nSPS) is 22.9. The standard InChI is InChI=1S/C25H28N2O4/c1-16-6-8-18(9-7-16)23(28)21-22(17-10-12-19(13-11-17)26(2)3)27(25(30)24(21)29)15-20-5-4-14-31-20/h6-13,20,22,28H,4-5,14-15H2,1-3H3/t20-,22-/m0/s1. The molecule has 4 rings (SSSR count). The van der Waals surface area contributed by atoms with Crippen LogP contribution < -0.4 is 4.90 Å². The lowest BCUT2D eigenvalue weighted by molar-refractivity contribution is -0.140. The van der Waals surface area contributed by atoms with E-state index in [-0.39, 0.29) is 17.4 Å². The van der Waals surface area contributed by atoms with Crippen LogP contribution in [0, 0.1) is 6.92 Å². The van der Waals surface area contributed by atoms with Gasteiger partial charge in [0.2, 0.25) is 0 Å². The first-order valence-electron chi connectivity index (χ1n) is 10.6. The van der Waals surface area contributed by atoms with Crippen LogP contribution in [0.15, 0.2) is 54.1 Å². The summed E-state index contributed by atoms with van der Waals surface area (Å²) in [5.74, 6) is -1.39. The molecule has 6 heteroatoms. The van der Waals surface area contributed by atoms with Gasteiger partial charge in [0.1, 0.15) is 5.76 Å². The largest absolute Gasteiger partial charge is 0.507 e. The minimum Gasteiger partial charge on any atom is -0.507 e. The number of nitrogens with zero attached hydrogens (tertiary/aromatic N) is 2. The van der Waals surface area contributed by atoms with Crippen molar-refractivity contribution in [3.8, 4) is 0 Å². The molecule has 1 N–H and O–H groups in total. The molecule has 0 aliphatic carbocycles. The van der Waals surface area contributed by atoms with Gasteiger partial charge in [-0.05, 0) is 37.5 Å². The summed E-state index contributed by atoms with van der Waals surface area (Å²) in [4.78, 5) is 29.6. The van der Waals surface area contributed by atoms with Crippen LogP contribution in [-0.4, -0.2) is 55.0 Å². The molecular weight excluding hydrogens is 392 g/mol. The third-order valence-electron chi connectivity index (χ3n) is 6.01. The zero-order chi connectivity index (χ0) is 22.1. The molecule has 0 spiro atoms. The van der Waals surface area contributed by atoms with Crippen molar-refractivity contribution < 1.29 is 19.4 Å². The second kappa shape index (κ2) is 8.55. The summed E-state index contributed by atoms with van der Waals surface area (Å²) < 4.78 is 5.74. The number of aryl methyl sites for hydroxylation is 1. The first-order valence-corrected chi connectivity index (χ1v) is 10.6. The van der Waals surface area contributed by atoms with Gasteiger partial charge in [-0.1, -0.05) is 42.0 Å². The van der Waals surface area contributed by atoms with Crippen LogP contribution in [0.25, 0.3) is 5.76 Å². The lowest BCUT2D eigenvalue weighted by atomic mass is 9.94. The van der Waals surface area contributed by atoms with E-state index in [2.05, 4.69) is 0 Å². The van der Waals surface area contributed by atoms with Crippen LogP contribution in [0.1, 0.15) is 35.6 Å². The predicted molar refractivity (Wildman–Crippen MR) is 120 cm³/mol. The van der Waals surface area contributed by atoms with Crippen molar-refractivity contribution in [1.82, 2.24) is 4.90 Å². The lowest BCUT2D eigenvalue weighted by Gasteiger charge is -2.28. The van der Waals surface area contributed by atoms with Gasteiger partial charge in [0.25, 0.3) is 11.7 Å². The number of amides is 1. The quantitative estimate of drug-likeness (QED) is 0.454. The van der Waals surface area contributed by atoms with E-state index in [0.29, 0.717) is 18.7 Å². The SMILES string of the molecule is Cc1ccc(C(O)=C2C(=O)C(=O)N(C[C@@H]3CCCO3)[C@H]2c2ccc(N(C)C)cc2)cc1. The number of likely N-dealkylation sites (tertiary alicyclic amines) is 1.